The molecule has 0 bridgehead atoms. The van der Waals surface area contributed by atoms with E-state index in [2.05, 4.69) is 9.88 Å². The molecule has 0 spiro atoms. The molecule has 23 heavy (non-hydrogen) atoms. The fraction of sp³-hybridized carbons (Fsp3) is 0.529. The molecular formula is C17H23N3O3. The first-order chi connectivity index (χ1) is 11.1. The van der Waals surface area contributed by atoms with Crippen molar-refractivity contribution < 1.29 is 14.3 Å². The molecule has 124 valence electrons. The van der Waals surface area contributed by atoms with Gasteiger partial charge in [0.25, 0.3) is 0 Å². The Morgan fingerprint density at radius 3 is 2.74 bits per heavy atom. The number of oxazole rings is 1. The molecule has 0 radical (unpaired) electrons. The molecule has 0 saturated carbocycles. The molecule has 1 aromatic carbocycles. The molecule has 1 atom stereocenters. The summed E-state index contributed by atoms with van der Waals surface area (Å²) in [6, 6.07) is 7.63. The summed E-state index contributed by atoms with van der Waals surface area (Å²) in [7, 11) is 0. The first kappa shape index (κ1) is 16.0. The second-order valence-corrected chi connectivity index (χ2v) is 6.11. The molecule has 2 heterocycles. The number of hydrogen-bond donors (Lipinski definition) is 1. The van der Waals surface area contributed by atoms with Gasteiger partial charge in [0.1, 0.15) is 5.52 Å². The summed E-state index contributed by atoms with van der Waals surface area (Å²) < 4.78 is 5.65. The van der Waals surface area contributed by atoms with Gasteiger partial charge in [-0.05, 0) is 19.1 Å². The monoisotopic (exact) mass is 317 g/mol. The Balaban J connectivity index is 1.48. The van der Waals surface area contributed by atoms with Gasteiger partial charge in [0.2, 0.25) is 5.91 Å². The van der Waals surface area contributed by atoms with Gasteiger partial charge in [-0.3, -0.25) is 9.69 Å². The van der Waals surface area contributed by atoms with Gasteiger partial charge in [0.15, 0.2) is 11.5 Å². The van der Waals surface area contributed by atoms with Crippen LogP contribution in [0.2, 0.25) is 0 Å². The molecule has 2 aromatic rings. The third-order valence-electron chi connectivity index (χ3n) is 4.14. The molecule has 0 aliphatic carbocycles. The molecule has 3 rings (SSSR count). The van der Waals surface area contributed by atoms with Crippen LogP contribution in [0.1, 0.15) is 19.2 Å². The molecule has 1 saturated heterocycles. The van der Waals surface area contributed by atoms with E-state index in [9.17, 15) is 9.90 Å². The van der Waals surface area contributed by atoms with E-state index in [-0.39, 0.29) is 12.0 Å². The van der Waals surface area contributed by atoms with Gasteiger partial charge in [-0.1, -0.05) is 12.1 Å². The summed E-state index contributed by atoms with van der Waals surface area (Å²) in [5.41, 5.74) is 1.60. The highest BCUT2D eigenvalue weighted by molar-refractivity contribution is 5.77. The Hall–Kier alpha value is -1.92. The highest BCUT2D eigenvalue weighted by atomic mass is 16.3. The molecule has 6 nitrogen and oxygen atoms in total. The van der Waals surface area contributed by atoms with Crippen molar-refractivity contribution in [1.82, 2.24) is 14.8 Å². The topological polar surface area (TPSA) is 69.8 Å². The van der Waals surface area contributed by atoms with Crippen molar-refractivity contribution in [2.24, 2.45) is 0 Å². The summed E-state index contributed by atoms with van der Waals surface area (Å²) in [4.78, 5) is 20.8. The van der Waals surface area contributed by atoms with Crippen molar-refractivity contribution in [1.29, 1.82) is 0 Å². The summed E-state index contributed by atoms with van der Waals surface area (Å²) >= 11 is 0. The lowest BCUT2D eigenvalue weighted by molar-refractivity contribution is -0.133. The van der Waals surface area contributed by atoms with Gasteiger partial charge in [-0.15, -0.1) is 0 Å². The van der Waals surface area contributed by atoms with Gasteiger partial charge in [-0.25, -0.2) is 4.98 Å². The SMILES string of the molecule is C[C@H](O)CN1CCN(C(=O)CCc2nc3ccccc3o2)CC1. The van der Waals surface area contributed by atoms with E-state index in [1.165, 1.54) is 0 Å². The maximum Gasteiger partial charge on any atom is 0.223 e. The lowest BCUT2D eigenvalue weighted by Crippen LogP contribution is -2.50. The number of fused-ring (bicyclic) bond motifs is 1. The van der Waals surface area contributed by atoms with Crippen molar-refractivity contribution in [3.8, 4) is 0 Å². The molecular weight excluding hydrogens is 294 g/mol. The number of carbonyl (C=O) groups excluding carboxylic acids is 1. The summed E-state index contributed by atoms with van der Waals surface area (Å²) in [5, 5.41) is 9.41. The van der Waals surface area contributed by atoms with Crippen LogP contribution in [0.3, 0.4) is 0 Å². The van der Waals surface area contributed by atoms with E-state index in [1.807, 2.05) is 29.2 Å². The van der Waals surface area contributed by atoms with Crippen molar-refractivity contribution in [3.63, 3.8) is 0 Å². The minimum atomic E-state index is -0.323. The van der Waals surface area contributed by atoms with Crippen molar-refractivity contribution in [2.75, 3.05) is 32.7 Å². The quantitative estimate of drug-likeness (QED) is 0.900. The van der Waals surface area contributed by atoms with Crippen LogP contribution in [0.4, 0.5) is 0 Å². The number of piperazine rings is 1. The number of aliphatic hydroxyl groups excluding tert-OH is 1. The summed E-state index contributed by atoms with van der Waals surface area (Å²) in [6.45, 7) is 5.54. The van der Waals surface area contributed by atoms with E-state index >= 15 is 0 Å². The Morgan fingerprint density at radius 2 is 2.04 bits per heavy atom. The number of carbonyl (C=O) groups is 1. The standard InChI is InChI=1S/C17H23N3O3/c1-13(21)12-19-8-10-20(11-9-19)17(22)7-6-16-18-14-4-2-3-5-15(14)23-16/h2-5,13,21H,6-12H2,1H3/t13-/m0/s1. The van der Waals surface area contributed by atoms with Gasteiger partial charge < -0.3 is 14.4 Å². The molecule has 1 fully saturated rings. The van der Waals surface area contributed by atoms with Crippen molar-refractivity contribution in [3.05, 3.63) is 30.2 Å². The van der Waals surface area contributed by atoms with Gasteiger partial charge in [-0.2, -0.15) is 0 Å². The number of hydrogen-bond acceptors (Lipinski definition) is 5. The second-order valence-electron chi connectivity index (χ2n) is 6.11. The second kappa shape index (κ2) is 7.10. The normalized spacial score (nSPS) is 17.6. The smallest absolute Gasteiger partial charge is 0.223 e. The number of aliphatic hydroxyl groups is 1. The third-order valence-corrected chi connectivity index (χ3v) is 4.14. The maximum atomic E-state index is 12.3. The molecule has 1 N–H and O–H groups in total. The predicted molar refractivity (Wildman–Crippen MR) is 87.0 cm³/mol. The van der Waals surface area contributed by atoms with Crippen LogP contribution < -0.4 is 0 Å². The fourth-order valence-corrected chi connectivity index (χ4v) is 2.95. The number of rotatable bonds is 5. The van der Waals surface area contributed by atoms with Crippen LogP contribution in [0, 0.1) is 0 Å². The van der Waals surface area contributed by atoms with Crippen LogP contribution in [-0.4, -0.2) is 64.6 Å². The number of amides is 1. The first-order valence-electron chi connectivity index (χ1n) is 8.14. The number of nitrogens with zero attached hydrogens (tertiary/aromatic N) is 3. The lowest BCUT2D eigenvalue weighted by atomic mass is 10.2. The first-order valence-corrected chi connectivity index (χ1v) is 8.14. The van der Waals surface area contributed by atoms with Crippen LogP contribution >= 0.6 is 0 Å². The number of β-amino-alcohol motifs (C(OH)–C–C–N with tert-alkyl or cyclic N) is 1. The Labute approximate surface area is 135 Å². The minimum absolute atomic E-state index is 0.143. The van der Waals surface area contributed by atoms with E-state index in [1.54, 1.807) is 6.92 Å². The number of aromatic nitrogens is 1. The predicted octanol–water partition coefficient (Wildman–Crippen LogP) is 1.29. The highest BCUT2D eigenvalue weighted by Crippen LogP contribution is 2.16. The van der Waals surface area contributed by atoms with Crippen LogP contribution in [0.5, 0.6) is 0 Å². The van der Waals surface area contributed by atoms with Crippen molar-refractivity contribution >= 4 is 17.0 Å². The average Bonchev–Trinajstić information content (AvgIpc) is 2.95. The molecule has 1 aliphatic heterocycles. The molecule has 6 heteroatoms. The lowest BCUT2D eigenvalue weighted by Gasteiger charge is -2.35. The number of benzene rings is 1. The zero-order valence-electron chi connectivity index (χ0n) is 13.4. The Kier molecular flexibility index (Phi) is 4.93. The maximum absolute atomic E-state index is 12.3. The summed E-state index contributed by atoms with van der Waals surface area (Å²) in [6.07, 6.45) is 0.626. The largest absolute Gasteiger partial charge is 0.441 e. The number of para-hydroxylation sites is 2. The third kappa shape index (κ3) is 4.09. The zero-order chi connectivity index (χ0) is 16.2. The van der Waals surface area contributed by atoms with Crippen molar-refractivity contribution in [2.45, 2.75) is 25.9 Å². The molecule has 1 aromatic heterocycles. The van der Waals surface area contributed by atoms with Gasteiger partial charge in [0.05, 0.1) is 6.10 Å². The van der Waals surface area contributed by atoms with Crippen LogP contribution in [0.15, 0.2) is 28.7 Å². The van der Waals surface area contributed by atoms with Gasteiger partial charge in [0, 0.05) is 45.6 Å². The Morgan fingerprint density at radius 1 is 1.30 bits per heavy atom. The summed E-state index contributed by atoms with van der Waals surface area (Å²) in [5.74, 6) is 0.760. The van der Waals surface area contributed by atoms with Crippen LogP contribution in [-0.2, 0) is 11.2 Å². The number of aryl methyl sites for hydroxylation is 1. The van der Waals surface area contributed by atoms with E-state index in [0.29, 0.717) is 25.3 Å². The van der Waals surface area contributed by atoms with Crippen LogP contribution in [0.25, 0.3) is 11.1 Å². The van der Waals surface area contributed by atoms with Gasteiger partial charge >= 0.3 is 0 Å². The molecule has 1 aliphatic rings. The van der Waals surface area contributed by atoms with E-state index < -0.39 is 0 Å². The van der Waals surface area contributed by atoms with E-state index in [4.69, 9.17) is 4.42 Å². The fourth-order valence-electron chi connectivity index (χ4n) is 2.95. The minimum Gasteiger partial charge on any atom is -0.441 e. The highest BCUT2D eigenvalue weighted by Gasteiger charge is 2.21. The zero-order valence-corrected chi connectivity index (χ0v) is 13.4. The molecule has 1 amide bonds. The average molecular weight is 317 g/mol. The van der Waals surface area contributed by atoms with E-state index in [0.717, 1.165) is 37.3 Å². The molecule has 0 unspecified atom stereocenters. The Bertz CT molecular complexity index is 627.